The molecule has 6 nitrogen and oxygen atoms in total. The highest BCUT2D eigenvalue weighted by molar-refractivity contribution is 6.03. The smallest absolute Gasteiger partial charge is 0.322 e. The Balaban J connectivity index is 1.66. The fourth-order valence-electron chi connectivity index (χ4n) is 2.32. The number of nitrogens with zero attached hydrogens (tertiary/aromatic N) is 2. The molecule has 3 rings (SSSR count). The number of ether oxygens (including phenoxy) is 1. The van der Waals surface area contributed by atoms with Crippen LogP contribution in [0.1, 0.15) is 35.7 Å². The maximum absolute atomic E-state index is 12.4. The molecule has 0 spiro atoms. The molecule has 2 aromatic carbocycles. The van der Waals surface area contributed by atoms with Crippen LogP contribution < -0.4 is 10.1 Å². The van der Waals surface area contributed by atoms with Crippen LogP contribution in [0.3, 0.4) is 0 Å². The third kappa shape index (κ3) is 4.47. The number of amides is 1. The molecule has 0 aliphatic heterocycles. The van der Waals surface area contributed by atoms with Gasteiger partial charge in [-0.1, -0.05) is 42.2 Å². The number of unbranched alkanes of at least 4 members (excludes halogenated alkanes) is 1. The summed E-state index contributed by atoms with van der Waals surface area (Å²) < 4.78 is 11.2. The molecule has 0 aliphatic carbocycles. The van der Waals surface area contributed by atoms with Crippen LogP contribution in [-0.4, -0.2) is 22.7 Å². The topological polar surface area (TPSA) is 77.2 Å². The maximum Gasteiger partial charge on any atom is 0.322 e. The summed E-state index contributed by atoms with van der Waals surface area (Å²) in [5.74, 6) is 0.693. The molecule has 6 heteroatoms. The second-order valence-corrected chi connectivity index (χ2v) is 5.96. The van der Waals surface area contributed by atoms with E-state index in [0.717, 1.165) is 24.0 Å². The molecule has 0 fully saturated rings. The van der Waals surface area contributed by atoms with Gasteiger partial charge in [0.15, 0.2) is 0 Å². The Morgan fingerprint density at radius 1 is 1.15 bits per heavy atom. The number of anilines is 1. The van der Waals surface area contributed by atoms with Gasteiger partial charge in [-0.15, -0.1) is 5.10 Å². The number of nitrogens with one attached hydrogen (secondary N) is 1. The molecule has 0 bridgehead atoms. The third-order valence-corrected chi connectivity index (χ3v) is 3.81. The first kappa shape index (κ1) is 17.7. The van der Waals surface area contributed by atoms with Crippen molar-refractivity contribution < 1.29 is 13.9 Å². The predicted molar refractivity (Wildman–Crippen MR) is 99.3 cm³/mol. The predicted octanol–water partition coefficient (Wildman–Crippen LogP) is 4.48. The molecule has 0 radical (unpaired) electrons. The number of aromatic nitrogens is 2. The summed E-state index contributed by atoms with van der Waals surface area (Å²) in [4.78, 5) is 12.4. The van der Waals surface area contributed by atoms with Crippen molar-refractivity contribution in [3.63, 3.8) is 0 Å². The van der Waals surface area contributed by atoms with Gasteiger partial charge in [0.1, 0.15) is 5.75 Å². The highest BCUT2D eigenvalue weighted by Crippen LogP contribution is 2.21. The number of carbonyl (C=O) groups is 1. The highest BCUT2D eigenvalue weighted by Gasteiger charge is 2.13. The number of benzene rings is 2. The van der Waals surface area contributed by atoms with Crippen molar-refractivity contribution in [3.05, 3.63) is 59.7 Å². The minimum atomic E-state index is -0.329. The number of rotatable bonds is 7. The standard InChI is InChI=1S/C20H21N3O3/c1-3-4-12-25-17-7-5-6-16(13-17)18(24)21-20-23-22-19(26-20)15-10-8-14(2)9-11-15/h5-11,13H,3-4,12H2,1-2H3,(H,21,23,24). The Hall–Kier alpha value is -3.15. The summed E-state index contributed by atoms with van der Waals surface area (Å²) in [5.41, 5.74) is 2.41. The second kappa shape index (κ2) is 8.29. The molecule has 1 aromatic heterocycles. The van der Waals surface area contributed by atoms with Crippen LogP contribution in [0.4, 0.5) is 6.01 Å². The molecule has 1 heterocycles. The van der Waals surface area contributed by atoms with Gasteiger partial charge in [-0.2, -0.15) is 0 Å². The molecule has 1 N–H and O–H groups in total. The van der Waals surface area contributed by atoms with Crippen molar-refractivity contribution >= 4 is 11.9 Å². The SMILES string of the molecule is CCCCOc1cccc(C(=O)Nc2nnc(-c3ccc(C)cc3)o2)c1. The Kier molecular flexibility index (Phi) is 5.63. The van der Waals surface area contributed by atoms with Crippen molar-refractivity contribution in [3.8, 4) is 17.2 Å². The lowest BCUT2D eigenvalue weighted by atomic mass is 10.1. The molecule has 134 valence electrons. The van der Waals surface area contributed by atoms with Gasteiger partial charge in [0.25, 0.3) is 5.91 Å². The number of hydrogen-bond donors (Lipinski definition) is 1. The van der Waals surface area contributed by atoms with E-state index < -0.39 is 0 Å². The van der Waals surface area contributed by atoms with E-state index in [1.165, 1.54) is 0 Å². The summed E-state index contributed by atoms with van der Waals surface area (Å²) in [5, 5.41) is 10.5. The molecule has 0 saturated heterocycles. The lowest BCUT2D eigenvalue weighted by molar-refractivity contribution is 0.102. The van der Waals surface area contributed by atoms with Crippen LogP contribution in [-0.2, 0) is 0 Å². The van der Waals surface area contributed by atoms with Crippen molar-refractivity contribution in [2.24, 2.45) is 0 Å². The summed E-state index contributed by atoms with van der Waals surface area (Å²) in [6.07, 6.45) is 2.03. The minimum absolute atomic E-state index is 0.0582. The molecule has 1 amide bonds. The molecule has 3 aromatic rings. The van der Waals surface area contributed by atoms with Gasteiger partial charge < -0.3 is 9.15 Å². The second-order valence-electron chi connectivity index (χ2n) is 5.96. The molecule has 0 unspecified atom stereocenters. The zero-order valence-electron chi connectivity index (χ0n) is 14.9. The summed E-state index contributed by atoms with van der Waals surface area (Å²) in [6, 6.07) is 14.8. The van der Waals surface area contributed by atoms with Crippen molar-refractivity contribution in [1.82, 2.24) is 10.2 Å². The van der Waals surface area contributed by atoms with Crippen LogP contribution >= 0.6 is 0 Å². The average Bonchev–Trinajstić information content (AvgIpc) is 3.11. The van der Waals surface area contributed by atoms with Gasteiger partial charge in [-0.3, -0.25) is 10.1 Å². The van der Waals surface area contributed by atoms with Gasteiger partial charge in [0, 0.05) is 11.1 Å². The van der Waals surface area contributed by atoms with Crippen LogP contribution in [0.25, 0.3) is 11.5 Å². The monoisotopic (exact) mass is 351 g/mol. The normalized spacial score (nSPS) is 10.5. The van der Waals surface area contributed by atoms with E-state index in [-0.39, 0.29) is 11.9 Å². The van der Waals surface area contributed by atoms with Crippen LogP contribution in [0, 0.1) is 6.92 Å². The zero-order valence-corrected chi connectivity index (χ0v) is 14.9. The lowest BCUT2D eigenvalue weighted by Crippen LogP contribution is -2.12. The van der Waals surface area contributed by atoms with Crippen molar-refractivity contribution in [2.75, 3.05) is 11.9 Å². The quantitative estimate of drug-likeness (QED) is 0.635. The molecular weight excluding hydrogens is 330 g/mol. The fourth-order valence-corrected chi connectivity index (χ4v) is 2.32. The molecule has 0 aliphatic rings. The first-order chi connectivity index (χ1) is 12.7. The molecule has 0 atom stereocenters. The van der Waals surface area contributed by atoms with Crippen LogP contribution in [0.15, 0.2) is 52.9 Å². The number of carbonyl (C=O) groups excluding carboxylic acids is 1. The molecular formula is C20H21N3O3. The van der Waals surface area contributed by atoms with Crippen molar-refractivity contribution in [1.29, 1.82) is 0 Å². The Labute approximate surface area is 152 Å². The Bertz CT molecular complexity index is 872. The van der Waals surface area contributed by atoms with E-state index in [1.54, 1.807) is 18.2 Å². The van der Waals surface area contributed by atoms with Gasteiger partial charge >= 0.3 is 6.01 Å². The maximum atomic E-state index is 12.4. The van der Waals surface area contributed by atoms with E-state index >= 15 is 0 Å². The third-order valence-electron chi connectivity index (χ3n) is 3.81. The zero-order chi connectivity index (χ0) is 18.4. The van der Waals surface area contributed by atoms with E-state index in [2.05, 4.69) is 22.4 Å². The van der Waals surface area contributed by atoms with Crippen molar-refractivity contribution in [2.45, 2.75) is 26.7 Å². The van der Waals surface area contributed by atoms with E-state index in [0.29, 0.717) is 23.8 Å². The largest absolute Gasteiger partial charge is 0.494 e. The Morgan fingerprint density at radius 3 is 2.73 bits per heavy atom. The average molecular weight is 351 g/mol. The first-order valence-corrected chi connectivity index (χ1v) is 8.60. The summed E-state index contributed by atoms with van der Waals surface area (Å²) in [7, 11) is 0. The van der Waals surface area contributed by atoms with Crippen LogP contribution in [0.5, 0.6) is 5.75 Å². The minimum Gasteiger partial charge on any atom is -0.494 e. The van der Waals surface area contributed by atoms with E-state index in [9.17, 15) is 4.79 Å². The van der Waals surface area contributed by atoms with Gasteiger partial charge in [-0.25, -0.2) is 0 Å². The van der Waals surface area contributed by atoms with E-state index in [1.807, 2.05) is 37.3 Å². The number of hydrogen-bond acceptors (Lipinski definition) is 5. The first-order valence-electron chi connectivity index (χ1n) is 8.60. The summed E-state index contributed by atoms with van der Waals surface area (Å²) >= 11 is 0. The van der Waals surface area contributed by atoms with Crippen LogP contribution in [0.2, 0.25) is 0 Å². The number of aryl methyl sites for hydroxylation is 1. The molecule has 26 heavy (non-hydrogen) atoms. The van der Waals surface area contributed by atoms with Gasteiger partial charge in [0.2, 0.25) is 5.89 Å². The summed E-state index contributed by atoms with van der Waals surface area (Å²) in [6.45, 7) is 4.73. The Morgan fingerprint density at radius 2 is 1.96 bits per heavy atom. The van der Waals surface area contributed by atoms with E-state index in [4.69, 9.17) is 9.15 Å². The highest BCUT2D eigenvalue weighted by atomic mass is 16.5. The fraction of sp³-hybridized carbons (Fsp3) is 0.250. The lowest BCUT2D eigenvalue weighted by Gasteiger charge is -2.07. The molecule has 0 saturated carbocycles. The van der Waals surface area contributed by atoms with Gasteiger partial charge in [0.05, 0.1) is 6.61 Å². The van der Waals surface area contributed by atoms with Gasteiger partial charge in [-0.05, 0) is 43.7 Å².